The van der Waals surface area contributed by atoms with Crippen LogP contribution in [0.3, 0.4) is 0 Å². The zero-order chi connectivity index (χ0) is 12.3. The number of aromatic nitrogens is 2. The van der Waals surface area contributed by atoms with Crippen molar-refractivity contribution in [3.8, 4) is 0 Å². The van der Waals surface area contributed by atoms with Crippen LogP contribution in [-0.4, -0.2) is 28.5 Å². The molecule has 0 radical (unpaired) electrons. The normalized spacial score (nSPS) is 11.5. The molecule has 0 atom stereocenters. The minimum atomic E-state index is 0.593. The van der Waals surface area contributed by atoms with Crippen molar-refractivity contribution in [3.63, 3.8) is 0 Å². The molecule has 5 heteroatoms. The Hall–Kier alpha value is -1.20. The van der Waals surface area contributed by atoms with Gasteiger partial charge in [0.05, 0.1) is 11.9 Å². The van der Waals surface area contributed by atoms with Gasteiger partial charge in [0, 0.05) is 0 Å². The van der Waals surface area contributed by atoms with Gasteiger partial charge >= 0.3 is 0 Å². The van der Waals surface area contributed by atoms with E-state index in [2.05, 4.69) is 28.8 Å². The lowest BCUT2D eigenvalue weighted by atomic mass is 10.3. The molecule has 0 spiro atoms. The maximum atomic E-state index is 5.91. The highest BCUT2D eigenvalue weighted by molar-refractivity contribution is 7.16. The van der Waals surface area contributed by atoms with E-state index in [1.54, 1.807) is 11.3 Å². The van der Waals surface area contributed by atoms with Crippen LogP contribution in [0.25, 0.3) is 10.2 Å². The Balaban J connectivity index is 2.13. The van der Waals surface area contributed by atoms with Crippen LogP contribution in [0.5, 0.6) is 0 Å². The summed E-state index contributed by atoms with van der Waals surface area (Å²) in [5.74, 6) is 1.41. The van der Waals surface area contributed by atoms with Gasteiger partial charge in [-0.2, -0.15) is 0 Å². The quantitative estimate of drug-likeness (QED) is 0.886. The summed E-state index contributed by atoms with van der Waals surface area (Å²) in [6.07, 6.45) is 2.41. The number of unbranched alkanes of at least 4 members (excludes halogenated alkanes) is 1. The van der Waals surface area contributed by atoms with Crippen molar-refractivity contribution >= 4 is 27.4 Å². The third-order valence-corrected chi connectivity index (χ3v) is 3.51. The number of nitrogens with zero attached hydrogens (tertiary/aromatic N) is 3. The highest BCUT2D eigenvalue weighted by atomic mass is 32.1. The Kier molecular flexibility index (Phi) is 3.91. The second kappa shape index (κ2) is 5.42. The predicted molar refractivity (Wildman–Crippen MR) is 73.1 cm³/mol. The first-order chi connectivity index (χ1) is 8.20. The van der Waals surface area contributed by atoms with Crippen molar-refractivity contribution in [1.29, 1.82) is 0 Å². The summed E-state index contributed by atoms with van der Waals surface area (Å²) in [6.45, 7) is 4.03. The minimum absolute atomic E-state index is 0.593. The standard InChI is InChI=1S/C12H18N4S/c1-3-4-6-16(2)8-10-14-11(13)9-5-7-17-12(9)15-10/h5,7H,3-4,6,8H2,1-2H3,(H2,13,14,15). The number of hydrogen-bond acceptors (Lipinski definition) is 5. The smallest absolute Gasteiger partial charge is 0.146 e. The number of nitrogen functional groups attached to an aromatic ring is 1. The molecule has 2 aromatic heterocycles. The van der Waals surface area contributed by atoms with Crippen LogP contribution in [0.4, 0.5) is 5.82 Å². The molecular weight excluding hydrogens is 232 g/mol. The molecule has 0 fully saturated rings. The van der Waals surface area contributed by atoms with E-state index in [9.17, 15) is 0 Å². The van der Waals surface area contributed by atoms with Crippen LogP contribution in [0, 0.1) is 0 Å². The molecule has 4 nitrogen and oxygen atoms in total. The van der Waals surface area contributed by atoms with Crippen molar-refractivity contribution in [2.75, 3.05) is 19.3 Å². The van der Waals surface area contributed by atoms with Gasteiger partial charge in [0.25, 0.3) is 0 Å². The Labute approximate surface area is 105 Å². The van der Waals surface area contributed by atoms with Gasteiger partial charge in [0.2, 0.25) is 0 Å². The fourth-order valence-electron chi connectivity index (χ4n) is 1.74. The first kappa shape index (κ1) is 12.3. The number of thiophene rings is 1. The molecule has 17 heavy (non-hydrogen) atoms. The summed E-state index contributed by atoms with van der Waals surface area (Å²) in [6, 6.07) is 1.97. The summed E-state index contributed by atoms with van der Waals surface area (Å²) >= 11 is 1.61. The molecule has 2 rings (SSSR count). The van der Waals surface area contributed by atoms with E-state index in [4.69, 9.17) is 5.73 Å². The zero-order valence-electron chi connectivity index (χ0n) is 10.3. The van der Waals surface area contributed by atoms with Crippen LogP contribution in [0.15, 0.2) is 11.4 Å². The molecule has 92 valence electrons. The third kappa shape index (κ3) is 2.92. The van der Waals surface area contributed by atoms with E-state index >= 15 is 0 Å². The molecule has 0 aliphatic carbocycles. The van der Waals surface area contributed by atoms with Crippen molar-refractivity contribution in [2.45, 2.75) is 26.3 Å². The summed E-state index contributed by atoms with van der Waals surface area (Å²) < 4.78 is 0. The predicted octanol–water partition coefficient (Wildman–Crippen LogP) is 2.51. The summed E-state index contributed by atoms with van der Waals surface area (Å²) in [5, 5.41) is 2.97. The molecule has 0 saturated heterocycles. The molecule has 0 bridgehead atoms. The fourth-order valence-corrected chi connectivity index (χ4v) is 2.53. The SMILES string of the molecule is CCCCN(C)Cc1nc(N)c2ccsc2n1. The van der Waals surface area contributed by atoms with E-state index in [0.717, 1.165) is 29.1 Å². The summed E-state index contributed by atoms with van der Waals surface area (Å²) in [4.78, 5) is 12.1. The molecule has 2 N–H and O–H groups in total. The molecule has 0 unspecified atom stereocenters. The van der Waals surface area contributed by atoms with E-state index in [1.807, 2.05) is 11.4 Å². The van der Waals surface area contributed by atoms with Gasteiger partial charge < -0.3 is 5.73 Å². The van der Waals surface area contributed by atoms with Crippen LogP contribution in [-0.2, 0) is 6.54 Å². The second-order valence-electron chi connectivity index (χ2n) is 4.26. The number of fused-ring (bicyclic) bond motifs is 1. The highest BCUT2D eigenvalue weighted by Gasteiger charge is 2.08. The van der Waals surface area contributed by atoms with Gasteiger partial charge in [-0.1, -0.05) is 13.3 Å². The first-order valence-corrected chi connectivity index (χ1v) is 6.76. The van der Waals surface area contributed by atoms with E-state index in [-0.39, 0.29) is 0 Å². The van der Waals surface area contributed by atoms with E-state index in [0.29, 0.717) is 5.82 Å². The molecule has 2 aromatic rings. The van der Waals surface area contributed by atoms with Crippen molar-refractivity contribution < 1.29 is 0 Å². The Morgan fingerprint density at radius 3 is 3.00 bits per heavy atom. The lowest BCUT2D eigenvalue weighted by Crippen LogP contribution is -2.20. The first-order valence-electron chi connectivity index (χ1n) is 5.89. The molecule has 0 aromatic carbocycles. The highest BCUT2D eigenvalue weighted by Crippen LogP contribution is 2.23. The topological polar surface area (TPSA) is 55.0 Å². The van der Waals surface area contributed by atoms with Crippen LogP contribution in [0.2, 0.25) is 0 Å². The average Bonchev–Trinajstić information content (AvgIpc) is 2.75. The van der Waals surface area contributed by atoms with Gasteiger partial charge in [0.1, 0.15) is 16.5 Å². The number of anilines is 1. The molecule has 0 aliphatic rings. The Morgan fingerprint density at radius 2 is 2.24 bits per heavy atom. The van der Waals surface area contributed by atoms with Gasteiger partial charge in [-0.3, -0.25) is 4.90 Å². The van der Waals surface area contributed by atoms with Gasteiger partial charge in [0.15, 0.2) is 0 Å². The number of hydrogen-bond donors (Lipinski definition) is 1. The van der Waals surface area contributed by atoms with Gasteiger partial charge in [-0.25, -0.2) is 9.97 Å². The van der Waals surface area contributed by atoms with Crippen molar-refractivity contribution in [2.24, 2.45) is 0 Å². The maximum absolute atomic E-state index is 5.91. The maximum Gasteiger partial charge on any atom is 0.146 e. The number of rotatable bonds is 5. The molecule has 0 amide bonds. The summed E-state index contributed by atoms with van der Waals surface area (Å²) in [7, 11) is 2.09. The van der Waals surface area contributed by atoms with E-state index < -0.39 is 0 Å². The lowest BCUT2D eigenvalue weighted by molar-refractivity contribution is 0.313. The van der Waals surface area contributed by atoms with Crippen molar-refractivity contribution in [3.05, 3.63) is 17.3 Å². The molecule has 0 saturated carbocycles. The molecule has 0 aliphatic heterocycles. The number of nitrogens with two attached hydrogens (primary N) is 1. The van der Waals surface area contributed by atoms with Crippen LogP contribution < -0.4 is 5.73 Å². The monoisotopic (exact) mass is 250 g/mol. The van der Waals surface area contributed by atoms with Gasteiger partial charge in [-0.15, -0.1) is 11.3 Å². The zero-order valence-corrected chi connectivity index (χ0v) is 11.1. The lowest BCUT2D eigenvalue weighted by Gasteiger charge is -2.15. The Bertz CT molecular complexity index is 494. The second-order valence-corrected chi connectivity index (χ2v) is 5.15. The largest absolute Gasteiger partial charge is 0.383 e. The van der Waals surface area contributed by atoms with E-state index in [1.165, 1.54) is 12.8 Å². The molecular formula is C12H18N4S. The van der Waals surface area contributed by atoms with Gasteiger partial charge in [-0.05, 0) is 31.5 Å². The van der Waals surface area contributed by atoms with Crippen LogP contribution in [0.1, 0.15) is 25.6 Å². The Morgan fingerprint density at radius 1 is 1.41 bits per heavy atom. The van der Waals surface area contributed by atoms with Crippen LogP contribution >= 0.6 is 11.3 Å². The fraction of sp³-hybridized carbons (Fsp3) is 0.500. The summed E-state index contributed by atoms with van der Waals surface area (Å²) in [5.41, 5.74) is 5.91. The third-order valence-electron chi connectivity index (χ3n) is 2.71. The average molecular weight is 250 g/mol. The van der Waals surface area contributed by atoms with Crippen molar-refractivity contribution in [1.82, 2.24) is 14.9 Å². The minimum Gasteiger partial charge on any atom is -0.383 e. The molecule has 2 heterocycles.